The van der Waals surface area contributed by atoms with Gasteiger partial charge in [0.25, 0.3) is 0 Å². The molecule has 6 aromatic carbocycles. The SMILES string of the molecule is CC1(C)c2cc(-c3ccc(Br)cc3)ccc2-c2ccc(-c3ccc4oc5cccc6ccc3c4c65)cc21. The number of rotatable bonds is 2. The predicted octanol–water partition coefficient (Wildman–Crippen LogP) is 10.6. The molecular weight excluding hydrogens is 516 g/mol. The molecule has 0 saturated carbocycles. The van der Waals surface area contributed by atoms with Gasteiger partial charge in [0.1, 0.15) is 11.2 Å². The normalized spacial score (nSPS) is 14.0. The molecule has 1 aromatic heterocycles. The average molecular weight is 539 g/mol. The molecule has 2 heteroatoms. The van der Waals surface area contributed by atoms with Gasteiger partial charge in [-0.15, -0.1) is 0 Å². The molecule has 0 radical (unpaired) electrons. The molecule has 0 bridgehead atoms. The topological polar surface area (TPSA) is 13.1 Å². The second-order valence-corrected chi connectivity index (χ2v) is 11.6. The van der Waals surface area contributed by atoms with E-state index < -0.39 is 0 Å². The van der Waals surface area contributed by atoms with E-state index in [0.29, 0.717) is 0 Å². The molecule has 1 aliphatic rings. The zero-order valence-electron chi connectivity index (χ0n) is 20.6. The number of hydrogen-bond donors (Lipinski definition) is 0. The molecule has 0 N–H and O–H groups in total. The van der Waals surface area contributed by atoms with Gasteiger partial charge >= 0.3 is 0 Å². The number of halogens is 1. The van der Waals surface area contributed by atoms with Crippen molar-refractivity contribution in [2.45, 2.75) is 19.3 Å². The second-order valence-electron chi connectivity index (χ2n) is 10.7. The summed E-state index contributed by atoms with van der Waals surface area (Å²) in [6.07, 6.45) is 0. The second kappa shape index (κ2) is 7.34. The zero-order valence-corrected chi connectivity index (χ0v) is 22.2. The Bertz CT molecular complexity index is 2010. The van der Waals surface area contributed by atoms with Gasteiger partial charge in [0.15, 0.2) is 0 Å². The lowest BCUT2D eigenvalue weighted by Crippen LogP contribution is -2.15. The van der Waals surface area contributed by atoms with Crippen molar-refractivity contribution in [3.63, 3.8) is 0 Å². The first kappa shape index (κ1) is 21.2. The van der Waals surface area contributed by atoms with E-state index in [9.17, 15) is 0 Å². The first-order valence-electron chi connectivity index (χ1n) is 12.7. The summed E-state index contributed by atoms with van der Waals surface area (Å²) in [6, 6.07) is 37.7. The highest BCUT2D eigenvalue weighted by molar-refractivity contribution is 9.10. The molecule has 0 saturated heterocycles. The molecule has 0 spiro atoms. The monoisotopic (exact) mass is 538 g/mol. The fraction of sp³-hybridized carbons (Fsp3) is 0.0857. The zero-order chi connectivity index (χ0) is 24.9. The molecule has 0 fully saturated rings. The first-order valence-corrected chi connectivity index (χ1v) is 13.5. The van der Waals surface area contributed by atoms with Gasteiger partial charge in [0.2, 0.25) is 0 Å². The van der Waals surface area contributed by atoms with Crippen molar-refractivity contribution >= 4 is 48.6 Å². The van der Waals surface area contributed by atoms with E-state index >= 15 is 0 Å². The highest BCUT2D eigenvalue weighted by atomic mass is 79.9. The number of hydrogen-bond acceptors (Lipinski definition) is 1. The van der Waals surface area contributed by atoms with E-state index in [-0.39, 0.29) is 5.41 Å². The van der Waals surface area contributed by atoms with Crippen LogP contribution in [0.15, 0.2) is 112 Å². The van der Waals surface area contributed by atoms with E-state index in [2.05, 4.69) is 133 Å². The van der Waals surface area contributed by atoms with Crippen molar-refractivity contribution in [1.82, 2.24) is 0 Å². The van der Waals surface area contributed by atoms with Gasteiger partial charge in [0.05, 0.1) is 0 Å². The summed E-state index contributed by atoms with van der Waals surface area (Å²) in [6.45, 7) is 4.71. The lowest BCUT2D eigenvalue weighted by molar-refractivity contribution is 0.661. The molecule has 1 heterocycles. The van der Waals surface area contributed by atoms with Crippen molar-refractivity contribution in [3.05, 3.63) is 119 Å². The highest BCUT2D eigenvalue weighted by Crippen LogP contribution is 2.51. The maximum Gasteiger partial charge on any atom is 0.136 e. The maximum atomic E-state index is 6.21. The summed E-state index contributed by atoms with van der Waals surface area (Å²) in [7, 11) is 0. The number of fused-ring (bicyclic) bond motifs is 3. The van der Waals surface area contributed by atoms with Gasteiger partial charge in [-0.2, -0.15) is 0 Å². The van der Waals surface area contributed by atoms with Crippen LogP contribution in [-0.2, 0) is 5.41 Å². The fourth-order valence-corrected chi connectivity index (χ4v) is 6.69. The minimum atomic E-state index is -0.0846. The Morgan fingerprint density at radius 2 is 1.22 bits per heavy atom. The minimum Gasteiger partial charge on any atom is -0.456 e. The quantitative estimate of drug-likeness (QED) is 0.199. The molecule has 0 unspecified atom stereocenters. The molecule has 0 amide bonds. The van der Waals surface area contributed by atoms with Gasteiger partial charge in [-0.1, -0.05) is 96.5 Å². The average Bonchev–Trinajstić information content (AvgIpc) is 3.41. The molecule has 1 nitrogen and oxygen atoms in total. The third kappa shape index (κ3) is 2.91. The molecule has 1 aliphatic carbocycles. The highest BCUT2D eigenvalue weighted by Gasteiger charge is 2.36. The minimum absolute atomic E-state index is 0.0846. The van der Waals surface area contributed by atoms with E-state index in [4.69, 9.17) is 4.42 Å². The molecule has 0 atom stereocenters. The van der Waals surface area contributed by atoms with Crippen LogP contribution in [0.2, 0.25) is 0 Å². The molecule has 7 aromatic rings. The van der Waals surface area contributed by atoms with Crippen LogP contribution in [0, 0.1) is 0 Å². The lowest BCUT2D eigenvalue weighted by atomic mass is 9.80. The predicted molar refractivity (Wildman–Crippen MR) is 159 cm³/mol. The van der Waals surface area contributed by atoms with Crippen LogP contribution in [0.3, 0.4) is 0 Å². The molecule has 8 rings (SSSR count). The first-order chi connectivity index (χ1) is 18.0. The Kier molecular flexibility index (Phi) is 4.21. The van der Waals surface area contributed by atoms with Gasteiger partial charge < -0.3 is 4.42 Å². The summed E-state index contributed by atoms with van der Waals surface area (Å²) >= 11 is 3.56. The Hall–Kier alpha value is -3.88. The van der Waals surface area contributed by atoms with Crippen molar-refractivity contribution in [2.24, 2.45) is 0 Å². The number of benzene rings is 6. The summed E-state index contributed by atoms with van der Waals surface area (Å²) < 4.78 is 7.31. The van der Waals surface area contributed by atoms with E-state index in [1.165, 1.54) is 66.1 Å². The van der Waals surface area contributed by atoms with Gasteiger partial charge in [-0.25, -0.2) is 0 Å². The van der Waals surface area contributed by atoms with Crippen molar-refractivity contribution in [3.8, 4) is 33.4 Å². The Labute approximate surface area is 223 Å². The van der Waals surface area contributed by atoms with Crippen molar-refractivity contribution in [2.75, 3.05) is 0 Å². The largest absolute Gasteiger partial charge is 0.456 e. The maximum absolute atomic E-state index is 6.21. The summed E-state index contributed by atoms with van der Waals surface area (Å²) in [5.74, 6) is 0. The fourth-order valence-electron chi connectivity index (χ4n) is 6.43. The Balaban J connectivity index is 1.29. The summed E-state index contributed by atoms with van der Waals surface area (Å²) in [5, 5.41) is 4.94. The van der Waals surface area contributed by atoms with Crippen molar-refractivity contribution in [1.29, 1.82) is 0 Å². The third-order valence-corrected chi connectivity index (χ3v) is 8.86. The van der Waals surface area contributed by atoms with Crippen molar-refractivity contribution < 1.29 is 4.42 Å². The Morgan fingerprint density at radius 1 is 0.568 bits per heavy atom. The van der Waals surface area contributed by atoms with Crippen LogP contribution in [0.1, 0.15) is 25.0 Å². The van der Waals surface area contributed by atoms with E-state index in [1.807, 2.05) is 0 Å². The van der Waals surface area contributed by atoms with Gasteiger partial charge in [0, 0.05) is 20.7 Å². The van der Waals surface area contributed by atoms with Crippen LogP contribution in [0.4, 0.5) is 0 Å². The molecular formula is C35H23BrO. The molecule has 0 aliphatic heterocycles. The standard InChI is InChI=1S/C35H23BrO/c1-35(2)29-18-22(20-6-11-24(36)12-7-20)9-13-26(29)27-14-10-23(19-30(27)35)25-16-17-32-34-28(25)15-8-21-4-3-5-31(37-32)33(21)34/h3-19H,1-2H3. The van der Waals surface area contributed by atoms with Gasteiger partial charge in [-0.3, -0.25) is 0 Å². The smallest absolute Gasteiger partial charge is 0.136 e. The number of furan rings is 1. The van der Waals surface area contributed by atoms with E-state index in [0.717, 1.165) is 15.6 Å². The summed E-state index contributed by atoms with van der Waals surface area (Å²) in [4.78, 5) is 0. The Morgan fingerprint density at radius 3 is 2.00 bits per heavy atom. The molecule has 176 valence electrons. The summed E-state index contributed by atoms with van der Waals surface area (Å²) in [5.41, 5.74) is 12.3. The lowest BCUT2D eigenvalue weighted by Gasteiger charge is -2.23. The van der Waals surface area contributed by atoms with Crippen LogP contribution in [-0.4, -0.2) is 0 Å². The molecule has 37 heavy (non-hydrogen) atoms. The van der Waals surface area contributed by atoms with E-state index in [1.54, 1.807) is 0 Å². The van der Waals surface area contributed by atoms with Crippen LogP contribution >= 0.6 is 15.9 Å². The van der Waals surface area contributed by atoms with Crippen LogP contribution < -0.4 is 0 Å². The van der Waals surface area contributed by atoms with Gasteiger partial charge in [-0.05, 0) is 91.7 Å². The van der Waals surface area contributed by atoms with Crippen LogP contribution in [0.5, 0.6) is 0 Å². The van der Waals surface area contributed by atoms with Crippen LogP contribution in [0.25, 0.3) is 66.1 Å². The third-order valence-electron chi connectivity index (χ3n) is 8.33.